The topological polar surface area (TPSA) is 42.2 Å². The maximum absolute atomic E-state index is 11.0. The van der Waals surface area contributed by atoms with Crippen molar-refractivity contribution in [3.63, 3.8) is 0 Å². The zero-order chi connectivity index (χ0) is 14.2. The first kappa shape index (κ1) is 13.9. The molecule has 1 atom stereocenters. The van der Waals surface area contributed by atoms with Gasteiger partial charge in [-0.2, -0.15) is 0 Å². The molecule has 0 amide bonds. The standard InChI is InChI=1S/C15H18ClNO2/c1-9(2)17-8-11(6-10(3)15(18)19)13-7-12(16)4-5-14(13)17/h4-5,7-10H,6H2,1-3H3,(H,18,19). The molecule has 19 heavy (non-hydrogen) atoms. The highest BCUT2D eigenvalue weighted by Gasteiger charge is 2.17. The Morgan fingerprint density at radius 2 is 2.05 bits per heavy atom. The minimum atomic E-state index is -0.771. The summed E-state index contributed by atoms with van der Waals surface area (Å²) in [6.07, 6.45) is 2.57. The number of nitrogens with zero attached hydrogens (tertiary/aromatic N) is 1. The van der Waals surface area contributed by atoms with Gasteiger partial charge in [0.2, 0.25) is 0 Å². The molecule has 2 aromatic rings. The average molecular weight is 280 g/mol. The number of aliphatic carboxylic acids is 1. The number of benzene rings is 1. The molecule has 1 aromatic heterocycles. The Kier molecular flexibility index (Phi) is 3.85. The van der Waals surface area contributed by atoms with Crippen molar-refractivity contribution in [2.75, 3.05) is 0 Å². The molecule has 2 rings (SSSR count). The third-order valence-corrected chi connectivity index (χ3v) is 3.62. The van der Waals surface area contributed by atoms with E-state index in [9.17, 15) is 4.79 Å². The molecule has 0 fully saturated rings. The second-order valence-electron chi connectivity index (χ2n) is 5.26. The lowest BCUT2D eigenvalue weighted by molar-refractivity contribution is -0.141. The zero-order valence-electron chi connectivity index (χ0n) is 11.4. The Labute approximate surface area is 117 Å². The molecule has 1 aromatic carbocycles. The third kappa shape index (κ3) is 2.76. The Morgan fingerprint density at radius 1 is 1.37 bits per heavy atom. The third-order valence-electron chi connectivity index (χ3n) is 3.38. The van der Waals surface area contributed by atoms with E-state index < -0.39 is 11.9 Å². The number of carboxylic acid groups (broad SMARTS) is 1. The van der Waals surface area contributed by atoms with E-state index in [0.717, 1.165) is 16.5 Å². The van der Waals surface area contributed by atoms with Crippen molar-refractivity contribution >= 4 is 28.5 Å². The van der Waals surface area contributed by atoms with Gasteiger partial charge in [0.1, 0.15) is 0 Å². The number of hydrogen-bond acceptors (Lipinski definition) is 1. The van der Waals surface area contributed by atoms with Gasteiger partial charge in [0, 0.05) is 28.2 Å². The van der Waals surface area contributed by atoms with Crippen LogP contribution >= 0.6 is 11.6 Å². The van der Waals surface area contributed by atoms with Gasteiger partial charge in [0.25, 0.3) is 0 Å². The van der Waals surface area contributed by atoms with Gasteiger partial charge in [-0.25, -0.2) is 0 Å². The van der Waals surface area contributed by atoms with Gasteiger partial charge >= 0.3 is 5.97 Å². The van der Waals surface area contributed by atoms with Gasteiger partial charge in [-0.05, 0) is 44.0 Å². The smallest absolute Gasteiger partial charge is 0.306 e. The van der Waals surface area contributed by atoms with Crippen LogP contribution in [-0.4, -0.2) is 15.6 Å². The van der Waals surface area contributed by atoms with Crippen molar-refractivity contribution in [2.45, 2.75) is 33.2 Å². The first-order valence-corrected chi connectivity index (χ1v) is 6.79. The van der Waals surface area contributed by atoms with E-state index >= 15 is 0 Å². The molecule has 0 aliphatic carbocycles. The predicted molar refractivity (Wildman–Crippen MR) is 77.8 cm³/mol. The summed E-state index contributed by atoms with van der Waals surface area (Å²) in [5, 5.41) is 10.8. The Balaban J connectivity index is 2.54. The quantitative estimate of drug-likeness (QED) is 0.914. The SMILES string of the molecule is CC(Cc1cn(C(C)C)c2ccc(Cl)cc12)C(=O)O. The lowest BCUT2D eigenvalue weighted by Crippen LogP contribution is -2.12. The van der Waals surface area contributed by atoms with Gasteiger partial charge in [0.05, 0.1) is 5.92 Å². The van der Waals surface area contributed by atoms with Crippen LogP contribution in [0.15, 0.2) is 24.4 Å². The van der Waals surface area contributed by atoms with E-state index in [0.29, 0.717) is 17.5 Å². The molecule has 1 unspecified atom stereocenters. The highest BCUT2D eigenvalue weighted by Crippen LogP contribution is 2.29. The molecule has 0 bridgehead atoms. The van der Waals surface area contributed by atoms with Gasteiger partial charge in [-0.1, -0.05) is 18.5 Å². The minimum absolute atomic E-state index is 0.331. The molecule has 1 N–H and O–H groups in total. The summed E-state index contributed by atoms with van der Waals surface area (Å²) in [5.74, 6) is -1.17. The minimum Gasteiger partial charge on any atom is -0.481 e. The van der Waals surface area contributed by atoms with E-state index in [1.807, 2.05) is 24.4 Å². The number of carbonyl (C=O) groups is 1. The molecule has 0 saturated heterocycles. The average Bonchev–Trinajstić information content (AvgIpc) is 2.67. The number of halogens is 1. The van der Waals surface area contributed by atoms with Crippen molar-refractivity contribution < 1.29 is 9.90 Å². The summed E-state index contributed by atoms with van der Waals surface area (Å²) in [6, 6.07) is 6.11. The van der Waals surface area contributed by atoms with Crippen molar-refractivity contribution in [3.05, 3.63) is 35.0 Å². The molecular weight excluding hydrogens is 262 g/mol. The van der Waals surface area contributed by atoms with E-state index in [2.05, 4.69) is 18.4 Å². The van der Waals surface area contributed by atoms with Gasteiger partial charge in [-0.3, -0.25) is 4.79 Å². The molecule has 0 aliphatic heterocycles. The van der Waals surface area contributed by atoms with E-state index in [1.165, 1.54) is 0 Å². The molecule has 102 valence electrons. The normalized spacial score (nSPS) is 13.1. The van der Waals surface area contributed by atoms with Crippen molar-refractivity contribution in [1.82, 2.24) is 4.57 Å². The van der Waals surface area contributed by atoms with Crippen LogP contribution in [0.1, 0.15) is 32.4 Å². The summed E-state index contributed by atoms with van der Waals surface area (Å²) < 4.78 is 2.16. The fraction of sp³-hybridized carbons (Fsp3) is 0.400. The number of rotatable bonds is 4. The molecule has 4 heteroatoms. The van der Waals surface area contributed by atoms with Crippen LogP contribution < -0.4 is 0 Å². The van der Waals surface area contributed by atoms with E-state index in [1.54, 1.807) is 6.92 Å². The highest BCUT2D eigenvalue weighted by atomic mass is 35.5. The fourth-order valence-corrected chi connectivity index (χ4v) is 2.48. The largest absolute Gasteiger partial charge is 0.481 e. The number of carboxylic acids is 1. The Bertz CT molecular complexity index is 616. The van der Waals surface area contributed by atoms with Crippen molar-refractivity contribution in [1.29, 1.82) is 0 Å². The van der Waals surface area contributed by atoms with Crippen molar-refractivity contribution in [3.8, 4) is 0 Å². The van der Waals surface area contributed by atoms with Crippen LogP contribution in [0.3, 0.4) is 0 Å². The molecule has 0 radical (unpaired) electrons. The maximum Gasteiger partial charge on any atom is 0.306 e. The van der Waals surface area contributed by atoms with Gasteiger partial charge in [0.15, 0.2) is 0 Å². The predicted octanol–water partition coefficient (Wildman–Crippen LogP) is 4.14. The van der Waals surface area contributed by atoms with E-state index in [4.69, 9.17) is 16.7 Å². The number of hydrogen-bond donors (Lipinski definition) is 1. The summed E-state index contributed by atoms with van der Waals surface area (Å²) in [6.45, 7) is 5.95. The fourth-order valence-electron chi connectivity index (χ4n) is 2.30. The molecule has 3 nitrogen and oxygen atoms in total. The van der Waals surface area contributed by atoms with Gasteiger partial charge < -0.3 is 9.67 Å². The molecular formula is C15H18ClNO2. The van der Waals surface area contributed by atoms with E-state index in [-0.39, 0.29) is 0 Å². The van der Waals surface area contributed by atoms with Crippen LogP contribution in [0.25, 0.3) is 10.9 Å². The second kappa shape index (κ2) is 5.25. The monoisotopic (exact) mass is 279 g/mol. The molecule has 0 spiro atoms. The second-order valence-corrected chi connectivity index (χ2v) is 5.70. The van der Waals surface area contributed by atoms with Gasteiger partial charge in [-0.15, -0.1) is 0 Å². The first-order chi connectivity index (χ1) is 8.90. The van der Waals surface area contributed by atoms with Crippen LogP contribution in [-0.2, 0) is 11.2 Å². The molecule has 0 saturated carbocycles. The summed E-state index contributed by atoms with van der Waals surface area (Å²) in [5.41, 5.74) is 2.15. The van der Waals surface area contributed by atoms with Crippen LogP contribution in [0.2, 0.25) is 5.02 Å². The Hall–Kier alpha value is -1.48. The van der Waals surface area contributed by atoms with Crippen LogP contribution in [0, 0.1) is 5.92 Å². The highest BCUT2D eigenvalue weighted by molar-refractivity contribution is 6.31. The zero-order valence-corrected chi connectivity index (χ0v) is 12.1. The maximum atomic E-state index is 11.0. The van der Waals surface area contributed by atoms with Crippen molar-refractivity contribution in [2.24, 2.45) is 5.92 Å². The van der Waals surface area contributed by atoms with Crippen LogP contribution in [0.5, 0.6) is 0 Å². The summed E-state index contributed by atoms with van der Waals surface area (Å²) in [7, 11) is 0. The summed E-state index contributed by atoms with van der Waals surface area (Å²) >= 11 is 6.05. The van der Waals surface area contributed by atoms with Crippen LogP contribution in [0.4, 0.5) is 0 Å². The first-order valence-electron chi connectivity index (χ1n) is 6.42. The number of fused-ring (bicyclic) bond motifs is 1. The number of aromatic nitrogens is 1. The molecule has 1 heterocycles. The summed E-state index contributed by atoms with van der Waals surface area (Å²) in [4.78, 5) is 11.0. The Morgan fingerprint density at radius 3 is 2.63 bits per heavy atom. The lowest BCUT2D eigenvalue weighted by atomic mass is 10.0. The lowest BCUT2D eigenvalue weighted by Gasteiger charge is -2.08. The molecule has 0 aliphatic rings.